The molecular weight excluding hydrogens is 310 g/mol. The summed E-state index contributed by atoms with van der Waals surface area (Å²) in [6.45, 7) is 5.07. The van der Waals surface area contributed by atoms with Crippen LogP contribution in [0.15, 0.2) is 48.7 Å². The summed E-state index contributed by atoms with van der Waals surface area (Å²) < 4.78 is 0. The number of carbonyl (C=O) groups is 1. The first-order valence-electron chi connectivity index (χ1n) is 8.68. The molecule has 0 unspecified atom stereocenters. The van der Waals surface area contributed by atoms with Gasteiger partial charge in [-0.1, -0.05) is 38.1 Å². The largest absolute Gasteiger partial charge is 0.358 e. The molecule has 4 nitrogen and oxygen atoms in total. The summed E-state index contributed by atoms with van der Waals surface area (Å²) in [6, 6.07) is 14.5. The van der Waals surface area contributed by atoms with Gasteiger partial charge in [0.1, 0.15) is 0 Å². The third-order valence-corrected chi connectivity index (χ3v) is 4.75. The van der Waals surface area contributed by atoms with Crippen molar-refractivity contribution in [1.29, 1.82) is 0 Å². The molecule has 1 aliphatic heterocycles. The Balaban J connectivity index is 1.69. The Labute approximate surface area is 147 Å². The van der Waals surface area contributed by atoms with Crippen molar-refractivity contribution in [1.82, 2.24) is 15.3 Å². The summed E-state index contributed by atoms with van der Waals surface area (Å²) in [4.78, 5) is 19.9. The van der Waals surface area contributed by atoms with E-state index in [1.54, 1.807) is 0 Å². The smallest absolute Gasteiger partial charge is 0.253 e. The third-order valence-electron chi connectivity index (χ3n) is 4.75. The highest BCUT2D eigenvalue weighted by Gasteiger charge is 2.20. The molecule has 2 N–H and O–H groups in total. The fraction of sp³-hybridized carbons (Fsp3) is 0.238. The van der Waals surface area contributed by atoms with Crippen molar-refractivity contribution >= 4 is 5.91 Å². The van der Waals surface area contributed by atoms with E-state index in [-0.39, 0.29) is 5.91 Å². The Morgan fingerprint density at radius 1 is 1.04 bits per heavy atom. The summed E-state index contributed by atoms with van der Waals surface area (Å²) in [7, 11) is 0. The molecule has 0 bridgehead atoms. The van der Waals surface area contributed by atoms with Gasteiger partial charge < -0.3 is 10.3 Å². The van der Waals surface area contributed by atoms with E-state index in [1.807, 2.05) is 18.3 Å². The predicted octanol–water partition coefficient (Wildman–Crippen LogP) is 4.15. The first-order valence-corrected chi connectivity index (χ1v) is 8.68. The molecule has 1 aliphatic rings. The van der Waals surface area contributed by atoms with Crippen LogP contribution < -0.4 is 5.32 Å². The fourth-order valence-corrected chi connectivity index (χ4v) is 3.24. The van der Waals surface area contributed by atoms with Gasteiger partial charge in [-0.25, -0.2) is 0 Å². The van der Waals surface area contributed by atoms with Crippen molar-refractivity contribution in [3.05, 3.63) is 65.5 Å². The summed E-state index contributed by atoms with van der Waals surface area (Å²) in [6.07, 6.45) is 2.66. The SMILES string of the molecule is CC(C)c1ccc(-c2cc(-c3cc4c([nH]3)CCNC4=O)ccn2)cc1. The van der Waals surface area contributed by atoms with Crippen LogP contribution in [-0.4, -0.2) is 22.4 Å². The second-order valence-electron chi connectivity index (χ2n) is 6.79. The second kappa shape index (κ2) is 6.20. The van der Waals surface area contributed by atoms with Crippen molar-refractivity contribution in [3.63, 3.8) is 0 Å². The Morgan fingerprint density at radius 3 is 2.56 bits per heavy atom. The minimum absolute atomic E-state index is 0.00213. The number of pyridine rings is 1. The molecule has 4 rings (SSSR count). The summed E-state index contributed by atoms with van der Waals surface area (Å²) >= 11 is 0. The van der Waals surface area contributed by atoms with Crippen LogP contribution in [0.4, 0.5) is 0 Å². The average Bonchev–Trinajstić information content (AvgIpc) is 3.08. The molecule has 0 spiro atoms. The molecule has 25 heavy (non-hydrogen) atoms. The monoisotopic (exact) mass is 331 g/mol. The molecule has 0 fully saturated rings. The van der Waals surface area contributed by atoms with Gasteiger partial charge in [-0.2, -0.15) is 0 Å². The zero-order chi connectivity index (χ0) is 17.4. The van der Waals surface area contributed by atoms with Crippen LogP contribution in [0.2, 0.25) is 0 Å². The van der Waals surface area contributed by atoms with Crippen LogP contribution in [0.5, 0.6) is 0 Å². The van der Waals surface area contributed by atoms with Gasteiger partial charge in [-0.15, -0.1) is 0 Å². The van der Waals surface area contributed by atoms with Crippen molar-refractivity contribution in [2.24, 2.45) is 0 Å². The lowest BCUT2D eigenvalue weighted by molar-refractivity contribution is 0.0946. The molecule has 0 atom stereocenters. The van der Waals surface area contributed by atoms with E-state index >= 15 is 0 Å². The van der Waals surface area contributed by atoms with Crippen molar-refractivity contribution in [2.45, 2.75) is 26.2 Å². The Kier molecular flexibility index (Phi) is 3.88. The number of hydrogen-bond acceptors (Lipinski definition) is 2. The molecule has 1 amide bonds. The van der Waals surface area contributed by atoms with Crippen LogP contribution in [0.3, 0.4) is 0 Å². The van der Waals surface area contributed by atoms with Gasteiger partial charge >= 0.3 is 0 Å². The highest BCUT2D eigenvalue weighted by atomic mass is 16.1. The fourth-order valence-electron chi connectivity index (χ4n) is 3.24. The number of aromatic nitrogens is 2. The van der Waals surface area contributed by atoms with E-state index in [9.17, 15) is 4.79 Å². The second-order valence-corrected chi connectivity index (χ2v) is 6.79. The first-order chi connectivity index (χ1) is 12.1. The highest BCUT2D eigenvalue weighted by Crippen LogP contribution is 2.27. The van der Waals surface area contributed by atoms with Crippen LogP contribution in [0.1, 0.15) is 41.4 Å². The van der Waals surface area contributed by atoms with E-state index in [1.165, 1.54) is 5.56 Å². The van der Waals surface area contributed by atoms with Gasteiger partial charge in [-0.05, 0) is 29.7 Å². The van der Waals surface area contributed by atoms with Gasteiger partial charge in [0.2, 0.25) is 0 Å². The van der Waals surface area contributed by atoms with E-state index in [4.69, 9.17) is 0 Å². The summed E-state index contributed by atoms with van der Waals surface area (Å²) in [5.74, 6) is 0.520. The quantitative estimate of drug-likeness (QED) is 0.757. The van der Waals surface area contributed by atoms with Gasteiger partial charge in [0, 0.05) is 41.7 Å². The standard InChI is InChI=1S/C21H21N3O/c1-13(2)14-3-5-15(6-4-14)19-11-16(7-9-22-19)20-12-17-18(24-20)8-10-23-21(17)25/h3-7,9,11-13,24H,8,10H2,1-2H3,(H,23,25). The highest BCUT2D eigenvalue weighted by molar-refractivity contribution is 5.97. The van der Waals surface area contributed by atoms with Crippen molar-refractivity contribution in [3.8, 4) is 22.5 Å². The number of fused-ring (bicyclic) bond motifs is 1. The van der Waals surface area contributed by atoms with Gasteiger partial charge in [0.15, 0.2) is 0 Å². The Morgan fingerprint density at radius 2 is 1.84 bits per heavy atom. The minimum atomic E-state index is 0.00213. The molecule has 126 valence electrons. The molecule has 1 aromatic carbocycles. The van der Waals surface area contributed by atoms with E-state index in [2.05, 4.69) is 59.5 Å². The zero-order valence-corrected chi connectivity index (χ0v) is 14.5. The maximum absolute atomic E-state index is 12.0. The number of benzene rings is 1. The number of aromatic amines is 1. The lowest BCUT2D eigenvalue weighted by Gasteiger charge is -2.11. The maximum Gasteiger partial charge on any atom is 0.253 e. The molecule has 4 heteroatoms. The maximum atomic E-state index is 12.0. The van der Waals surface area contributed by atoms with Gasteiger partial charge in [0.25, 0.3) is 5.91 Å². The number of amides is 1. The van der Waals surface area contributed by atoms with Gasteiger partial charge in [0.05, 0.1) is 11.3 Å². The minimum Gasteiger partial charge on any atom is -0.358 e. The number of hydrogen-bond donors (Lipinski definition) is 2. The van der Waals surface area contributed by atoms with Crippen LogP contribution >= 0.6 is 0 Å². The van der Waals surface area contributed by atoms with Gasteiger partial charge in [-0.3, -0.25) is 9.78 Å². The first kappa shape index (κ1) is 15.6. The molecule has 3 heterocycles. The molecule has 0 radical (unpaired) electrons. The number of H-pyrrole nitrogens is 1. The molecule has 3 aromatic rings. The third kappa shape index (κ3) is 2.95. The summed E-state index contributed by atoms with van der Waals surface area (Å²) in [5.41, 5.74) is 7.12. The molecule has 2 aromatic heterocycles. The zero-order valence-electron chi connectivity index (χ0n) is 14.5. The van der Waals surface area contributed by atoms with E-state index in [0.717, 1.165) is 40.2 Å². The number of nitrogens with one attached hydrogen (secondary N) is 2. The molecule has 0 saturated heterocycles. The van der Waals surface area contributed by atoms with Crippen LogP contribution in [0.25, 0.3) is 22.5 Å². The topological polar surface area (TPSA) is 57.8 Å². The normalized spacial score (nSPS) is 13.6. The van der Waals surface area contributed by atoms with E-state index < -0.39 is 0 Å². The van der Waals surface area contributed by atoms with Crippen molar-refractivity contribution in [2.75, 3.05) is 6.54 Å². The van der Waals surface area contributed by atoms with Crippen LogP contribution in [0, 0.1) is 0 Å². The lowest BCUT2D eigenvalue weighted by atomic mass is 10.00. The lowest BCUT2D eigenvalue weighted by Crippen LogP contribution is -2.31. The van der Waals surface area contributed by atoms with E-state index in [0.29, 0.717) is 12.5 Å². The Bertz CT molecular complexity index is 923. The number of carbonyl (C=O) groups excluding carboxylic acids is 1. The van der Waals surface area contributed by atoms with Crippen molar-refractivity contribution < 1.29 is 4.79 Å². The average molecular weight is 331 g/mol. The molecule has 0 aliphatic carbocycles. The molecular formula is C21H21N3O. The summed E-state index contributed by atoms with van der Waals surface area (Å²) in [5, 5.41) is 2.88. The molecule has 0 saturated carbocycles. The predicted molar refractivity (Wildman–Crippen MR) is 99.6 cm³/mol. The number of rotatable bonds is 3. The Hall–Kier alpha value is -2.88. The van der Waals surface area contributed by atoms with Crippen LogP contribution in [-0.2, 0) is 6.42 Å². The number of nitrogens with zero attached hydrogens (tertiary/aromatic N) is 1.